The van der Waals surface area contributed by atoms with Gasteiger partial charge in [0.15, 0.2) is 0 Å². The molecule has 0 spiro atoms. The zero-order valence-electron chi connectivity index (χ0n) is 9.67. The van der Waals surface area contributed by atoms with E-state index in [0.29, 0.717) is 0 Å². The fraction of sp³-hybridized carbons (Fsp3) is 0.636. The van der Waals surface area contributed by atoms with Crippen LogP contribution in [0, 0.1) is 0 Å². The number of hydrogen-bond donors (Lipinski definition) is 0. The zero-order chi connectivity index (χ0) is 11.4. The molecule has 1 aliphatic heterocycles. The first-order valence-electron chi connectivity index (χ1n) is 5.71. The highest BCUT2D eigenvalue weighted by atomic mass is 16.2. The third kappa shape index (κ3) is 2.82. The lowest BCUT2D eigenvalue weighted by Gasteiger charge is -2.34. The minimum Gasteiger partial charge on any atom is -0.340 e. The van der Waals surface area contributed by atoms with E-state index in [1.807, 2.05) is 21.8 Å². The number of amides is 1. The normalized spacial score (nSPS) is 17.7. The van der Waals surface area contributed by atoms with E-state index >= 15 is 0 Å². The molecule has 0 unspecified atom stereocenters. The molecule has 5 nitrogen and oxygen atoms in total. The maximum Gasteiger partial charge on any atom is 0.219 e. The molecule has 0 N–H and O–H groups in total. The van der Waals surface area contributed by atoms with Gasteiger partial charge in [-0.1, -0.05) is 0 Å². The molecular formula is C11H18N4O. The van der Waals surface area contributed by atoms with Gasteiger partial charge in [0.25, 0.3) is 0 Å². The van der Waals surface area contributed by atoms with Crippen LogP contribution in [0.1, 0.15) is 6.92 Å². The largest absolute Gasteiger partial charge is 0.340 e. The van der Waals surface area contributed by atoms with Crippen LogP contribution in [0.15, 0.2) is 18.5 Å². The van der Waals surface area contributed by atoms with Crippen LogP contribution < -0.4 is 0 Å². The molecule has 88 valence electrons. The highest BCUT2D eigenvalue weighted by Crippen LogP contribution is 2.02. The van der Waals surface area contributed by atoms with Crippen molar-refractivity contribution in [2.75, 3.05) is 32.7 Å². The van der Waals surface area contributed by atoms with Crippen LogP contribution in [0.4, 0.5) is 0 Å². The van der Waals surface area contributed by atoms with E-state index < -0.39 is 0 Å². The Morgan fingerprint density at radius 3 is 2.56 bits per heavy atom. The summed E-state index contributed by atoms with van der Waals surface area (Å²) < 4.78 is 1.94. The monoisotopic (exact) mass is 222 g/mol. The molecule has 1 aliphatic rings. The molecule has 2 rings (SSSR count). The molecule has 5 heteroatoms. The van der Waals surface area contributed by atoms with Crippen molar-refractivity contribution in [2.24, 2.45) is 0 Å². The molecule has 1 saturated heterocycles. The maximum atomic E-state index is 11.1. The third-order valence-corrected chi connectivity index (χ3v) is 3.02. The number of rotatable bonds is 3. The highest BCUT2D eigenvalue weighted by Gasteiger charge is 2.17. The van der Waals surface area contributed by atoms with E-state index in [4.69, 9.17) is 0 Å². The molecule has 16 heavy (non-hydrogen) atoms. The second-order valence-corrected chi connectivity index (χ2v) is 4.12. The van der Waals surface area contributed by atoms with Crippen LogP contribution in [0.3, 0.4) is 0 Å². The Labute approximate surface area is 95.6 Å². The SMILES string of the molecule is CC(=O)N1CCN(CCn2cccn2)CC1. The lowest BCUT2D eigenvalue weighted by atomic mass is 10.3. The number of piperazine rings is 1. The number of aromatic nitrogens is 2. The highest BCUT2D eigenvalue weighted by molar-refractivity contribution is 5.73. The van der Waals surface area contributed by atoms with Gasteiger partial charge in [0.2, 0.25) is 5.91 Å². The van der Waals surface area contributed by atoms with E-state index in [-0.39, 0.29) is 5.91 Å². The maximum absolute atomic E-state index is 11.1. The molecule has 0 bridgehead atoms. The topological polar surface area (TPSA) is 41.4 Å². The van der Waals surface area contributed by atoms with Crippen molar-refractivity contribution in [1.82, 2.24) is 19.6 Å². The van der Waals surface area contributed by atoms with Crippen molar-refractivity contribution >= 4 is 5.91 Å². The summed E-state index contributed by atoms with van der Waals surface area (Å²) in [6, 6.07) is 1.94. The average Bonchev–Trinajstić information content (AvgIpc) is 2.80. The van der Waals surface area contributed by atoms with E-state index in [1.54, 1.807) is 13.1 Å². The Kier molecular flexibility index (Phi) is 3.56. The van der Waals surface area contributed by atoms with Crippen molar-refractivity contribution in [1.29, 1.82) is 0 Å². The third-order valence-electron chi connectivity index (χ3n) is 3.02. The van der Waals surface area contributed by atoms with Crippen LogP contribution in [-0.4, -0.2) is 58.2 Å². The number of carbonyl (C=O) groups excluding carboxylic acids is 1. The summed E-state index contributed by atoms with van der Waals surface area (Å²) in [4.78, 5) is 15.4. The molecule has 1 aromatic rings. The average molecular weight is 222 g/mol. The standard InChI is InChI=1S/C11H18N4O/c1-11(16)14-8-5-13(6-9-14)7-10-15-4-2-3-12-15/h2-4H,5-10H2,1H3. The minimum atomic E-state index is 0.187. The van der Waals surface area contributed by atoms with Gasteiger partial charge in [-0.3, -0.25) is 14.4 Å². The molecule has 0 radical (unpaired) electrons. The summed E-state index contributed by atoms with van der Waals surface area (Å²) in [5.74, 6) is 0.187. The predicted molar refractivity (Wildman–Crippen MR) is 60.9 cm³/mol. The Bertz CT molecular complexity index is 328. The molecule has 0 saturated carbocycles. The zero-order valence-corrected chi connectivity index (χ0v) is 9.67. The van der Waals surface area contributed by atoms with Gasteiger partial charge in [0.05, 0.1) is 6.54 Å². The molecule has 1 aromatic heterocycles. The van der Waals surface area contributed by atoms with E-state index in [1.165, 1.54) is 0 Å². The summed E-state index contributed by atoms with van der Waals surface area (Å²) in [6.07, 6.45) is 3.78. The lowest BCUT2D eigenvalue weighted by Crippen LogP contribution is -2.48. The molecule has 1 amide bonds. The molecule has 1 fully saturated rings. The van der Waals surface area contributed by atoms with Crippen molar-refractivity contribution in [3.05, 3.63) is 18.5 Å². The summed E-state index contributed by atoms with van der Waals surface area (Å²) in [6.45, 7) is 7.23. The first-order valence-corrected chi connectivity index (χ1v) is 5.71. The summed E-state index contributed by atoms with van der Waals surface area (Å²) >= 11 is 0. The van der Waals surface area contributed by atoms with Crippen LogP contribution in [-0.2, 0) is 11.3 Å². The molecular weight excluding hydrogens is 204 g/mol. The van der Waals surface area contributed by atoms with Gasteiger partial charge in [-0.25, -0.2) is 0 Å². The Hall–Kier alpha value is -1.36. The van der Waals surface area contributed by atoms with Gasteiger partial charge < -0.3 is 4.90 Å². The van der Waals surface area contributed by atoms with Crippen LogP contribution in [0.25, 0.3) is 0 Å². The smallest absolute Gasteiger partial charge is 0.219 e. The van der Waals surface area contributed by atoms with Crippen LogP contribution in [0.5, 0.6) is 0 Å². The number of carbonyl (C=O) groups is 1. The van der Waals surface area contributed by atoms with Crippen LogP contribution in [0.2, 0.25) is 0 Å². The van der Waals surface area contributed by atoms with Crippen molar-refractivity contribution in [2.45, 2.75) is 13.5 Å². The predicted octanol–water partition coefficient (Wildman–Crippen LogP) is 0.0472. The van der Waals surface area contributed by atoms with Crippen molar-refractivity contribution in [3.8, 4) is 0 Å². The minimum absolute atomic E-state index is 0.187. The Balaban J connectivity index is 1.71. The van der Waals surface area contributed by atoms with Gasteiger partial charge in [-0.15, -0.1) is 0 Å². The number of hydrogen-bond acceptors (Lipinski definition) is 3. The lowest BCUT2D eigenvalue weighted by molar-refractivity contribution is -0.130. The second kappa shape index (κ2) is 5.12. The van der Waals surface area contributed by atoms with E-state index in [0.717, 1.165) is 39.3 Å². The fourth-order valence-corrected chi connectivity index (χ4v) is 1.96. The first kappa shape index (κ1) is 11.1. The van der Waals surface area contributed by atoms with Crippen molar-refractivity contribution < 1.29 is 4.79 Å². The summed E-state index contributed by atoms with van der Waals surface area (Å²) in [5, 5.41) is 4.17. The van der Waals surface area contributed by atoms with E-state index in [9.17, 15) is 4.79 Å². The van der Waals surface area contributed by atoms with Gasteiger partial charge in [0.1, 0.15) is 0 Å². The van der Waals surface area contributed by atoms with Gasteiger partial charge in [-0.2, -0.15) is 5.10 Å². The Morgan fingerprint density at radius 1 is 1.25 bits per heavy atom. The quantitative estimate of drug-likeness (QED) is 0.725. The molecule has 0 aromatic carbocycles. The van der Waals surface area contributed by atoms with Crippen molar-refractivity contribution in [3.63, 3.8) is 0 Å². The second-order valence-electron chi connectivity index (χ2n) is 4.12. The van der Waals surface area contributed by atoms with Gasteiger partial charge in [-0.05, 0) is 6.07 Å². The van der Waals surface area contributed by atoms with Crippen LogP contribution >= 0.6 is 0 Å². The Morgan fingerprint density at radius 2 is 2.00 bits per heavy atom. The summed E-state index contributed by atoms with van der Waals surface area (Å²) in [7, 11) is 0. The van der Waals surface area contributed by atoms with Gasteiger partial charge in [0, 0.05) is 52.0 Å². The van der Waals surface area contributed by atoms with E-state index in [2.05, 4.69) is 10.00 Å². The van der Waals surface area contributed by atoms with Gasteiger partial charge >= 0.3 is 0 Å². The molecule has 2 heterocycles. The summed E-state index contributed by atoms with van der Waals surface area (Å²) in [5.41, 5.74) is 0. The number of nitrogens with zero attached hydrogens (tertiary/aromatic N) is 4. The fourth-order valence-electron chi connectivity index (χ4n) is 1.96. The molecule has 0 aliphatic carbocycles. The molecule has 0 atom stereocenters. The first-order chi connectivity index (χ1) is 7.75.